The average Bonchev–Trinajstić information content (AvgIpc) is 2.89. The van der Waals surface area contributed by atoms with E-state index in [9.17, 15) is 8.78 Å². The van der Waals surface area contributed by atoms with Crippen LogP contribution >= 0.6 is 27.5 Å². The summed E-state index contributed by atoms with van der Waals surface area (Å²) in [6.07, 6.45) is 3.38. The molecule has 0 bridgehead atoms. The van der Waals surface area contributed by atoms with Gasteiger partial charge in [-0.1, -0.05) is 45.7 Å². The molecule has 0 aromatic heterocycles. The van der Waals surface area contributed by atoms with Gasteiger partial charge in [-0.3, -0.25) is 0 Å². The van der Waals surface area contributed by atoms with Crippen LogP contribution in [0.15, 0.2) is 30.3 Å². The fourth-order valence-electron chi connectivity index (χ4n) is 2.66. The van der Waals surface area contributed by atoms with Gasteiger partial charge in [-0.15, -0.1) is 0 Å². The van der Waals surface area contributed by atoms with Crippen molar-refractivity contribution in [3.8, 4) is 0 Å². The summed E-state index contributed by atoms with van der Waals surface area (Å²) >= 11 is 9.57. The Kier molecular flexibility index (Phi) is 3.83. The Morgan fingerprint density at radius 2 is 1.70 bits per heavy atom. The Bertz CT molecular complexity index is 670. The molecule has 4 heteroatoms. The first-order valence-corrected chi connectivity index (χ1v) is 7.76. The molecule has 1 aliphatic carbocycles. The minimum Gasteiger partial charge on any atom is -0.204 e. The highest BCUT2D eigenvalue weighted by Crippen LogP contribution is 2.37. The van der Waals surface area contributed by atoms with E-state index >= 15 is 0 Å². The van der Waals surface area contributed by atoms with E-state index in [4.69, 9.17) is 11.6 Å². The van der Waals surface area contributed by atoms with Gasteiger partial charge in [0.25, 0.3) is 0 Å². The maximum absolute atomic E-state index is 13.4. The molecular weight excluding hydrogens is 346 g/mol. The first-order chi connectivity index (χ1) is 9.56. The number of hydrogen-bond acceptors (Lipinski definition) is 0. The van der Waals surface area contributed by atoms with Crippen molar-refractivity contribution in [1.82, 2.24) is 0 Å². The summed E-state index contributed by atoms with van der Waals surface area (Å²) in [5.41, 5.74) is 4.28. The van der Waals surface area contributed by atoms with Gasteiger partial charge < -0.3 is 0 Å². The van der Waals surface area contributed by atoms with E-state index < -0.39 is 11.6 Å². The normalized spacial score (nSPS) is 15.2. The van der Waals surface area contributed by atoms with Crippen LogP contribution < -0.4 is 0 Å². The minimum absolute atomic E-state index is 0.228. The summed E-state index contributed by atoms with van der Waals surface area (Å²) in [5, 5.41) is 0.228. The van der Waals surface area contributed by atoms with Crippen LogP contribution in [-0.4, -0.2) is 0 Å². The summed E-state index contributed by atoms with van der Waals surface area (Å²) in [4.78, 5) is -0.240. The summed E-state index contributed by atoms with van der Waals surface area (Å²) in [6.45, 7) is 0. The van der Waals surface area contributed by atoms with Crippen LogP contribution in [0.1, 0.15) is 33.5 Å². The highest BCUT2D eigenvalue weighted by molar-refractivity contribution is 9.09. The Labute approximate surface area is 129 Å². The maximum Gasteiger partial charge on any atom is 0.160 e. The zero-order chi connectivity index (χ0) is 14.3. The number of alkyl halides is 1. The molecule has 0 saturated heterocycles. The van der Waals surface area contributed by atoms with E-state index in [2.05, 4.69) is 28.1 Å². The highest BCUT2D eigenvalue weighted by atomic mass is 79.9. The molecule has 1 atom stereocenters. The van der Waals surface area contributed by atoms with Gasteiger partial charge in [0, 0.05) is 5.02 Å². The predicted molar refractivity (Wildman–Crippen MR) is 80.6 cm³/mol. The second-order valence-electron chi connectivity index (χ2n) is 5.03. The molecule has 0 nitrogen and oxygen atoms in total. The highest BCUT2D eigenvalue weighted by Gasteiger charge is 2.19. The van der Waals surface area contributed by atoms with Crippen molar-refractivity contribution in [1.29, 1.82) is 0 Å². The fourth-order valence-corrected chi connectivity index (χ4v) is 3.72. The van der Waals surface area contributed by atoms with Crippen molar-refractivity contribution in [2.24, 2.45) is 0 Å². The summed E-state index contributed by atoms with van der Waals surface area (Å²) < 4.78 is 26.5. The SMILES string of the molecule is Fc1cc(Cl)c(C(Br)c2ccc3c(c2)CCC3)cc1F. The lowest BCUT2D eigenvalue weighted by molar-refractivity contribution is 0.507. The van der Waals surface area contributed by atoms with Crippen molar-refractivity contribution in [2.45, 2.75) is 24.1 Å². The smallest absolute Gasteiger partial charge is 0.160 e. The molecule has 104 valence electrons. The molecule has 1 aliphatic rings. The number of fused-ring (bicyclic) bond motifs is 1. The predicted octanol–water partition coefficient (Wildman–Crippen LogP) is 5.59. The third-order valence-corrected chi connectivity index (χ3v) is 5.08. The molecule has 3 rings (SSSR count). The molecule has 0 amide bonds. The minimum atomic E-state index is -0.924. The Morgan fingerprint density at radius 3 is 2.50 bits per heavy atom. The molecule has 2 aromatic carbocycles. The molecule has 0 heterocycles. The number of benzene rings is 2. The van der Waals surface area contributed by atoms with Crippen LogP contribution in [0.2, 0.25) is 5.02 Å². The van der Waals surface area contributed by atoms with E-state index in [-0.39, 0.29) is 9.85 Å². The lowest BCUT2D eigenvalue weighted by Gasteiger charge is -2.14. The Balaban J connectivity index is 2.00. The van der Waals surface area contributed by atoms with Crippen molar-refractivity contribution in [3.63, 3.8) is 0 Å². The van der Waals surface area contributed by atoms with E-state index in [1.165, 1.54) is 17.5 Å². The van der Waals surface area contributed by atoms with Crippen LogP contribution in [0.5, 0.6) is 0 Å². The van der Waals surface area contributed by atoms with E-state index in [0.29, 0.717) is 5.56 Å². The molecule has 0 N–H and O–H groups in total. The van der Waals surface area contributed by atoms with Gasteiger partial charge in [-0.2, -0.15) is 0 Å². The van der Waals surface area contributed by atoms with Gasteiger partial charge in [-0.05, 0) is 53.6 Å². The van der Waals surface area contributed by atoms with Gasteiger partial charge in [0.2, 0.25) is 0 Å². The first kappa shape index (κ1) is 14.0. The molecule has 2 aromatic rings. The Morgan fingerprint density at radius 1 is 1.00 bits per heavy atom. The fraction of sp³-hybridized carbons (Fsp3) is 0.250. The third kappa shape index (κ3) is 2.49. The zero-order valence-electron chi connectivity index (χ0n) is 10.6. The van der Waals surface area contributed by atoms with E-state index in [0.717, 1.165) is 30.5 Å². The molecule has 0 saturated carbocycles. The molecule has 20 heavy (non-hydrogen) atoms. The van der Waals surface area contributed by atoms with Gasteiger partial charge in [0.15, 0.2) is 11.6 Å². The molecule has 0 aliphatic heterocycles. The molecule has 0 fully saturated rings. The van der Waals surface area contributed by atoms with Crippen molar-refractivity contribution >= 4 is 27.5 Å². The molecular formula is C16H12BrClF2. The number of halogens is 4. The molecule has 1 unspecified atom stereocenters. The largest absolute Gasteiger partial charge is 0.204 e. The van der Waals surface area contributed by atoms with Crippen molar-refractivity contribution in [3.05, 3.63) is 69.2 Å². The number of aryl methyl sites for hydroxylation is 2. The average molecular weight is 358 g/mol. The van der Waals surface area contributed by atoms with Crippen LogP contribution in [0.4, 0.5) is 8.78 Å². The van der Waals surface area contributed by atoms with Crippen molar-refractivity contribution < 1.29 is 8.78 Å². The monoisotopic (exact) mass is 356 g/mol. The van der Waals surface area contributed by atoms with E-state index in [1.54, 1.807) is 0 Å². The zero-order valence-corrected chi connectivity index (χ0v) is 12.9. The van der Waals surface area contributed by atoms with E-state index in [1.807, 2.05) is 6.07 Å². The maximum atomic E-state index is 13.4. The summed E-state index contributed by atoms with van der Waals surface area (Å²) in [6, 6.07) is 8.43. The standard InChI is InChI=1S/C16H12BrClF2/c17-16(12-7-14(19)15(20)8-13(12)18)11-5-4-9-2-1-3-10(9)6-11/h4-8,16H,1-3H2. The lowest BCUT2D eigenvalue weighted by atomic mass is 10.00. The molecule has 0 spiro atoms. The van der Waals surface area contributed by atoms with Crippen LogP contribution in [0.25, 0.3) is 0 Å². The second kappa shape index (κ2) is 5.45. The van der Waals surface area contributed by atoms with Crippen molar-refractivity contribution in [2.75, 3.05) is 0 Å². The van der Waals surface area contributed by atoms with Crippen LogP contribution in [-0.2, 0) is 12.8 Å². The third-order valence-electron chi connectivity index (χ3n) is 3.73. The quantitative estimate of drug-likeness (QED) is 0.485. The van der Waals surface area contributed by atoms with Gasteiger partial charge in [0.1, 0.15) is 0 Å². The van der Waals surface area contributed by atoms with Gasteiger partial charge in [0.05, 0.1) is 4.83 Å². The second-order valence-corrected chi connectivity index (χ2v) is 6.35. The summed E-state index contributed by atoms with van der Waals surface area (Å²) in [7, 11) is 0. The topological polar surface area (TPSA) is 0 Å². The lowest BCUT2D eigenvalue weighted by Crippen LogP contribution is -1.98. The Hall–Kier alpha value is -0.930. The molecule has 0 radical (unpaired) electrons. The van der Waals surface area contributed by atoms with Gasteiger partial charge >= 0.3 is 0 Å². The van der Waals surface area contributed by atoms with Crippen LogP contribution in [0, 0.1) is 11.6 Å². The first-order valence-electron chi connectivity index (χ1n) is 6.46. The van der Waals surface area contributed by atoms with Gasteiger partial charge in [-0.25, -0.2) is 8.78 Å². The van der Waals surface area contributed by atoms with Crippen LogP contribution in [0.3, 0.4) is 0 Å². The summed E-state index contributed by atoms with van der Waals surface area (Å²) in [5.74, 6) is -1.80. The number of hydrogen-bond donors (Lipinski definition) is 0. The number of rotatable bonds is 2.